The molecule has 0 aliphatic heterocycles. The lowest BCUT2D eigenvalue weighted by molar-refractivity contribution is -0.0499. The van der Waals surface area contributed by atoms with Crippen LogP contribution in [0.1, 0.15) is 47.1 Å². The van der Waals surface area contributed by atoms with Gasteiger partial charge in [-0.3, -0.25) is 0 Å². The lowest BCUT2D eigenvalue weighted by atomic mass is 10.1. The van der Waals surface area contributed by atoms with Gasteiger partial charge in [-0.25, -0.2) is 4.98 Å². The van der Waals surface area contributed by atoms with Crippen LogP contribution in [-0.4, -0.2) is 27.0 Å². The summed E-state index contributed by atoms with van der Waals surface area (Å²) >= 11 is 0. The fourth-order valence-electron chi connectivity index (χ4n) is 4.21. The highest BCUT2D eigenvalue weighted by atomic mass is 32.2. The average molecular weight is 473 g/mol. The number of halogens is 3. The van der Waals surface area contributed by atoms with Gasteiger partial charge in [-0.1, -0.05) is 53.5 Å². The Balaban J connectivity index is 2.79. The molecule has 10 heteroatoms. The summed E-state index contributed by atoms with van der Waals surface area (Å²) in [6, 6.07) is 5.74. The number of hydrogen-bond acceptors (Lipinski definition) is 5. The van der Waals surface area contributed by atoms with E-state index in [1.54, 1.807) is 12.1 Å². The minimum absolute atomic E-state index is 0.0798. The SMILES string of the molecule is CC(C)[Si](C#Cc1cccc2nc(N)cc(OS(=O)(=O)C(F)(F)F)c12)(C(C)C)C(C)C. The summed E-state index contributed by atoms with van der Waals surface area (Å²) in [5.74, 6) is 2.42. The molecule has 0 amide bonds. The van der Waals surface area contributed by atoms with E-state index in [2.05, 4.69) is 62.2 Å². The molecule has 0 saturated carbocycles. The Morgan fingerprint density at radius 1 is 1.06 bits per heavy atom. The van der Waals surface area contributed by atoms with Crippen LogP contribution < -0.4 is 9.92 Å². The van der Waals surface area contributed by atoms with Crippen molar-refractivity contribution in [3.8, 4) is 17.2 Å². The van der Waals surface area contributed by atoms with E-state index in [-0.39, 0.29) is 16.7 Å². The molecule has 2 N–H and O–H groups in total. The van der Waals surface area contributed by atoms with Crippen LogP contribution in [0.4, 0.5) is 19.0 Å². The number of nitrogen functional groups attached to an aromatic ring is 1. The van der Waals surface area contributed by atoms with Crippen molar-refractivity contribution in [1.82, 2.24) is 4.98 Å². The summed E-state index contributed by atoms with van der Waals surface area (Å²) in [4.78, 5) is 4.10. The van der Waals surface area contributed by atoms with Crippen LogP contribution >= 0.6 is 0 Å². The molecule has 2 aromatic rings. The molecule has 0 bridgehead atoms. The Morgan fingerprint density at radius 2 is 1.61 bits per heavy atom. The van der Waals surface area contributed by atoms with Crippen LogP contribution in [0.3, 0.4) is 0 Å². The zero-order chi connectivity index (χ0) is 23.8. The van der Waals surface area contributed by atoms with Gasteiger partial charge >= 0.3 is 15.6 Å². The van der Waals surface area contributed by atoms with Crippen molar-refractivity contribution < 1.29 is 25.8 Å². The minimum atomic E-state index is -5.88. The molecule has 1 aromatic carbocycles. The highest BCUT2D eigenvalue weighted by Gasteiger charge is 2.49. The number of alkyl halides is 3. The summed E-state index contributed by atoms with van der Waals surface area (Å²) < 4.78 is 66.4. The molecule has 2 rings (SSSR count). The molecule has 0 atom stereocenters. The summed E-state index contributed by atoms with van der Waals surface area (Å²) in [6.07, 6.45) is 0. The molecule has 5 nitrogen and oxygen atoms in total. The molecular formula is C21H27F3N2O3SSi. The van der Waals surface area contributed by atoms with Crippen LogP contribution in [0.25, 0.3) is 10.9 Å². The molecule has 0 spiro atoms. The van der Waals surface area contributed by atoms with Crippen LogP contribution in [0.2, 0.25) is 16.6 Å². The first-order valence-electron chi connectivity index (χ1n) is 9.86. The number of rotatable bonds is 5. The van der Waals surface area contributed by atoms with Gasteiger partial charge in [0, 0.05) is 11.6 Å². The van der Waals surface area contributed by atoms with Gasteiger partial charge in [0.05, 0.1) is 10.9 Å². The van der Waals surface area contributed by atoms with Crippen molar-refractivity contribution >= 4 is 34.9 Å². The zero-order valence-electron chi connectivity index (χ0n) is 18.3. The summed E-state index contributed by atoms with van der Waals surface area (Å²) in [5, 5.41) is 0.0798. The summed E-state index contributed by atoms with van der Waals surface area (Å²) in [6.45, 7) is 12.8. The second-order valence-corrected chi connectivity index (χ2v) is 15.5. The molecule has 1 aromatic heterocycles. The molecule has 0 unspecified atom stereocenters. The van der Waals surface area contributed by atoms with Crippen LogP contribution in [0.5, 0.6) is 5.75 Å². The van der Waals surface area contributed by atoms with Crippen molar-refractivity contribution in [2.75, 3.05) is 5.73 Å². The van der Waals surface area contributed by atoms with E-state index in [9.17, 15) is 21.6 Å². The van der Waals surface area contributed by atoms with E-state index in [1.165, 1.54) is 6.07 Å². The Labute approximate surface area is 182 Å². The van der Waals surface area contributed by atoms with Crippen molar-refractivity contribution in [2.24, 2.45) is 0 Å². The number of nitrogens with zero attached hydrogens (tertiary/aromatic N) is 1. The molecule has 0 aliphatic carbocycles. The Morgan fingerprint density at radius 3 is 2.10 bits per heavy atom. The van der Waals surface area contributed by atoms with E-state index in [4.69, 9.17) is 5.73 Å². The van der Waals surface area contributed by atoms with Gasteiger partial charge in [0.2, 0.25) is 0 Å². The second-order valence-electron chi connectivity index (χ2n) is 8.38. The number of hydrogen-bond donors (Lipinski definition) is 1. The first-order valence-corrected chi connectivity index (χ1v) is 13.5. The first kappa shape index (κ1) is 25.0. The number of nitrogens with two attached hydrogens (primary N) is 1. The fourth-order valence-corrected chi connectivity index (χ4v) is 9.89. The molecule has 1 heterocycles. The number of benzene rings is 1. The monoisotopic (exact) mass is 472 g/mol. The maximum Gasteiger partial charge on any atom is 0.534 e. The van der Waals surface area contributed by atoms with Crippen LogP contribution in [-0.2, 0) is 10.1 Å². The lowest BCUT2D eigenvalue weighted by Gasteiger charge is -2.38. The molecule has 170 valence electrons. The quantitative estimate of drug-likeness (QED) is 0.265. The van der Waals surface area contributed by atoms with Gasteiger partial charge in [-0.15, -0.1) is 5.54 Å². The minimum Gasteiger partial charge on any atom is -0.384 e. The van der Waals surface area contributed by atoms with Crippen molar-refractivity contribution in [3.63, 3.8) is 0 Å². The van der Waals surface area contributed by atoms with Gasteiger partial charge in [0.25, 0.3) is 0 Å². The van der Waals surface area contributed by atoms with Crippen molar-refractivity contribution in [1.29, 1.82) is 0 Å². The van der Waals surface area contributed by atoms with Crippen molar-refractivity contribution in [2.45, 2.75) is 63.7 Å². The highest BCUT2D eigenvalue weighted by Crippen LogP contribution is 2.41. The molecule has 0 radical (unpaired) electrons. The summed E-state index contributed by atoms with van der Waals surface area (Å²) in [5.41, 5.74) is 5.13. The van der Waals surface area contributed by atoms with E-state index in [0.29, 0.717) is 22.2 Å². The van der Waals surface area contributed by atoms with Gasteiger partial charge < -0.3 is 9.92 Å². The molecule has 0 aliphatic rings. The molecule has 0 saturated heterocycles. The normalized spacial score (nSPS) is 13.0. The number of fused-ring (bicyclic) bond motifs is 1. The second kappa shape index (κ2) is 8.71. The third kappa shape index (κ3) is 4.82. The van der Waals surface area contributed by atoms with E-state index in [1.807, 2.05) is 0 Å². The zero-order valence-corrected chi connectivity index (χ0v) is 20.1. The van der Waals surface area contributed by atoms with Gasteiger partial charge in [-0.05, 0) is 28.8 Å². The van der Waals surface area contributed by atoms with Crippen molar-refractivity contribution in [3.05, 3.63) is 29.8 Å². The topological polar surface area (TPSA) is 82.3 Å². The largest absolute Gasteiger partial charge is 0.534 e. The van der Waals surface area contributed by atoms with Gasteiger partial charge in [0.15, 0.2) is 5.75 Å². The number of aromatic nitrogens is 1. The number of anilines is 1. The average Bonchev–Trinajstić information content (AvgIpc) is 2.59. The smallest absolute Gasteiger partial charge is 0.384 e. The Bertz CT molecular complexity index is 1110. The van der Waals surface area contributed by atoms with Gasteiger partial charge in [0.1, 0.15) is 13.9 Å². The Kier molecular flexibility index (Phi) is 7.02. The van der Waals surface area contributed by atoms with Crippen LogP contribution in [0, 0.1) is 11.5 Å². The first-order chi connectivity index (χ1) is 14.1. The van der Waals surface area contributed by atoms with E-state index < -0.39 is 29.4 Å². The van der Waals surface area contributed by atoms with E-state index in [0.717, 1.165) is 6.07 Å². The van der Waals surface area contributed by atoms with E-state index >= 15 is 0 Å². The molecule has 0 fully saturated rings. The molecular weight excluding hydrogens is 445 g/mol. The third-order valence-electron chi connectivity index (χ3n) is 5.58. The predicted octanol–water partition coefficient (Wildman–Crippen LogP) is 5.61. The Hall–Kier alpha value is -2.25. The maximum atomic E-state index is 12.9. The summed E-state index contributed by atoms with van der Waals surface area (Å²) in [7, 11) is -8.03. The fraction of sp³-hybridized carbons (Fsp3) is 0.476. The predicted molar refractivity (Wildman–Crippen MR) is 120 cm³/mol. The molecule has 31 heavy (non-hydrogen) atoms. The number of pyridine rings is 1. The van der Waals surface area contributed by atoms with Crippen LogP contribution in [0.15, 0.2) is 24.3 Å². The maximum absolute atomic E-state index is 12.9. The standard InChI is InChI=1S/C21H27F3N2O3SSi/c1-13(2)31(14(3)4,15(5)6)11-10-16-8-7-9-17-20(16)18(12-19(25)26-17)29-30(27,28)21(22,23)24/h7-9,12-15H,1-6H3,(H2,25,26). The van der Waals surface area contributed by atoms with Gasteiger partial charge in [-0.2, -0.15) is 21.6 Å². The third-order valence-corrected chi connectivity index (χ3v) is 12.8. The highest BCUT2D eigenvalue weighted by molar-refractivity contribution is 7.88. The lowest BCUT2D eigenvalue weighted by Crippen LogP contribution is -2.43.